The lowest BCUT2D eigenvalue weighted by Crippen LogP contribution is -2.29. The smallest absolute Gasteiger partial charge is 0.131 e. The molecule has 4 heteroatoms. The normalized spacial score (nSPS) is 15.0. The zero-order chi connectivity index (χ0) is 14.5. The van der Waals surface area contributed by atoms with Crippen LogP contribution in [0.1, 0.15) is 24.8 Å². The van der Waals surface area contributed by atoms with Gasteiger partial charge >= 0.3 is 0 Å². The van der Waals surface area contributed by atoms with Crippen molar-refractivity contribution in [3.05, 3.63) is 53.3 Å². The average molecular weight is 302 g/mol. The Morgan fingerprint density at radius 1 is 1.05 bits per heavy atom. The first kappa shape index (κ1) is 14.2. The van der Waals surface area contributed by atoms with Crippen molar-refractivity contribution in [2.24, 2.45) is 0 Å². The number of aromatic nitrogens is 1. The summed E-state index contributed by atoms with van der Waals surface area (Å²) in [5.74, 6) is 0. The number of benzene rings is 1. The van der Waals surface area contributed by atoms with Gasteiger partial charge in [-0.2, -0.15) is 0 Å². The number of anilines is 2. The van der Waals surface area contributed by atoms with Gasteiger partial charge in [-0.3, -0.25) is 0 Å². The van der Waals surface area contributed by atoms with Gasteiger partial charge in [-0.05, 0) is 49.1 Å². The molecule has 1 aromatic carbocycles. The molecule has 1 aliphatic rings. The number of rotatable bonds is 4. The molecule has 2 heterocycles. The highest BCUT2D eigenvalue weighted by Crippen LogP contribution is 2.20. The minimum atomic E-state index is 0.514. The van der Waals surface area contributed by atoms with Crippen LogP contribution in [0.3, 0.4) is 0 Å². The molecule has 0 atom stereocenters. The second-order valence-electron chi connectivity index (χ2n) is 5.43. The lowest BCUT2D eigenvalue weighted by Gasteiger charge is -2.28. The average Bonchev–Trinajstić information content (AvgIpc) is 2.54. The van der Waals surface area contributed by atoms with Crippen molar-refractivity contribution in [2.75, 3.05) is 23.3 Å². The number of hydrogen-bond donors (Lipinski definition) is 1. The van der Waals surface area contributed by atoms with Gasteiger partial charge in [0.25, 0.3) is 0 Å². The van der Waals surface area contributed by atoms with E-state index in [9.17, 15) is 0 Å². The summed E-state index contributed by atoms with van der Waals surface area (Å²) in [4.78, 5) is 6.45. The van der Waals surface area contributed by atoms with E-state index in [0.717, 1.165) is 12.2 Å². The molecule has 21 heavy (non-hydrogen) atoms. The maximum Gasteiger partial charge on any atom is 0.131 e. The summed E-state index contributed by atoms with van der Waals surface area (Å²) >= 11 is 5.88. The van der Waals surface area contributed by atoms with Crippen LogP contribution in [0.4, 0.5) is 11.4 Å². The fourth-order valence-corrected chi connectivity index (χ4v) is 2.87. The maximum absolute atomic E-state index is 5.88. The molecule has 1 aromatic heterocycles. The van der Waals surface area contributed by atoms with Crippen LogP contribution in [0.25, 0.3) is 0 Å². The van der Waals surface area contributed by atoms with E-state index in [2.05, 4.69) is 39.5 Å². The summed E-state index contributed by atoms with van der Waals surface area (Å²) in [5.41, 5.74) is 3.60. The molecule has 110 valence electrons. The van der Waals surface area contributed by atoms with Crippen molar-refractivity contribution in [2.45, 2.75) is 25.8 Å². The van der Waals surface area contributed by atoms with Crippen LogP contribution in [-0.4, -0.2) is 18.1 Å². The van der Waals surface area contributed by atoms with Crippen LogP contribution in [0, 0.1) is 0 Å². The number of nitrogens with one attached hydrogen (secondary N) is 1. The van der Waals surface area contributed by atoms with Crippen molar-refractivity contribution in [3.8, 4) is 0 Å². The molecular weight excluding hydrogens is 282 g/mol. The van der Waals surface area contributed by atoms with Gasteiger partial charge in [0.15, 0.2) is 0 Å². The predicted octanol–water partition coefficient (Wildman–Crippen LogP) is 4.34. The van der Waals surface area contributed by atoms with Crippen molar-refractivity contribution < 1.29 is 0 Å². The van der Waals surface area contributed by atoms with Gasteiger partial charge in [0.05, 0.1) is 0 Å². The summed E-state index contributed by atoms with van der Waals surface area (Å²) in [6.45, 7) is 3.17. The van der Waals surface area contributed by atoms with Crippen molar-refractivity contribution in [1.29, 1.82) is 0 Å². The van der Waals surface area contributed by atoms with Crippen molar-refractivity contribution in [3.63, 3.8) is 0 Å². The molecule has 0 spiro atoms. The number of nitrogens with zero attached hydrogens (tertiary/aromatic N) is 2. The zero-order valence-corrected chi connectivity index (χ0v) is 12.8. The minimum absolute atomic E-state index is 0.514. The predicted molar refractivity (Wildman–Crippen MR) is 89.1 cm³/mol. The lowest BCUT2D eigenvalue weighted by molar-refractivity contribution is 0.578. The Bertz CT molecular complexity index is 577. The largest absolute Gasteiger partial charge is 0.381 e. The molecule has 1 fully saturated rings. The molecule has 1 N–H and O–H groups in total. The minimum Gasteiger partial charge on any atom is -0.381 e. The number of halogens is 1. The number of piperidine rings is 1. The van der Waals surface area contributed by atoms with E-state index in [1.54, 1.807) is 6.20 Å². The molecule has 0 radical (unpaired) electrons. The Morgan fingerprint density at radius 3 is 2.52 bits per heavy atom. The molecule has 3 nitrogen and oxygen atoms in total. The number of hydrogen-bond acceptors (Lipinski definition) is 3. The standard InChI is InChI=1S/C17H20ClN3/c18-17-12-15(8-9-19-17)20-13-14-4-6-16(7-5-14)21-10-2-1-3-11-21/h4-9,12H,1-3,10-11,13H2,(H,19,20). The Hall–Kier alpha value is -1.74. The Kier molecular flexibility index (Phi) is 4.61. The van der Waals surface area contributed by atoms with Gasteiger partial charge in [0.1, 0.15) is 5.15 Å². The van der Waals surface area contributed by atoms with Crippen LogP contribution in [0.2, 0.25) is 5.15 Å². The van der Waals surface area contributed by atoms with E-state index in [0.29, 0.717) is 5.15 Å². The monoisotopic (exact) mass is 301 g/mol. The third kappa shape index (κ3) is 3.88. The second kappa shape index (κ2) is 6.81. The Balaban J connectivity index is 1.59. The summed E-state index contributed by atoms with van der Waals surface area (Å²) in [5, 5.41) is 3.88. The first-order chi connectivity index (χ1) is 10.3. The van der Waals surface area contributed by atoms with Crippen LogP contribution in [-0.2, 0) is 6.54 Å². The van der Waals surface area contributed by atoms with Gasteiger partial charge < -0.3 is 10.2 Å². The van der Waals surface area contributed by atoms with Gasteiger partial charge in [-0.15, -0.1) is 0 Å². The third-order valence-corrected chi connectivity index (χ3v) is 4.09. The van der Waals surface area contributed by atoms with E-state index >= 15 is 0 Å². The highest BCUT2D eigenvalue weighted by Gasteiger charge is 2.10. The van der Waals surface area contributed by atoms with E-state index < -0.39 is 0 Å². The van der Waals surface area contributed by atoms with Gasteiger partial charge in [0.2, 0.25) is 0 Å². The highest BCUT2D eigenvalue weighted by atomic mass is 35.5. The van der Waals surface area contributed by atoms with Gasteiger partial charge in [-0.1, -0.05) is 23.7 Å². The maximum atomic E-state index is 5.88. The fraction of sp³-hybridized carbons (Fsp3) is 0.353. The first-order valence-corrected chi connectivity index (χ1v) is 7.88. The molecule has 1 saturated heterocycles. The molecule has 0 saturated carbocycles. The van der Waals surface area contributed by atoms with Crippen LogP contribution in [0.5, 0.6) is 0 Å². The first-order valence-electron chi connectivity index (χ1n) is 7.50. The zero-order valence-electron chi connectivity index (χ0n) is 12.1. The lowest BCUT2D eigenvalue weighted by atomic mass is 10.1. The molecule has 0 amide bonds. The SMILES string of the molecule is Clc1cc(NCc2ccc(N3CCCCC3)cc2)ccn1. The molecule has 2 aromatic rings. The third-order valence-electron chi connectivity index (χ3n) is 3.88. The fourth-order valence-electron chi connectivity index (χ4n) is 2.69. The van der Waals surface area contributed by atoms with E-state index in [-0.39, 0.29) is 0 Å². The summed E-state index contributed by atoms with van der Waals surface area (Å²) in [6.07, 6.45) is 5.70. The summed E-state index contributed by atoms with van der Waals surface area (Å²) in [6, 6.07) is 12.6. The Morgan fingerprint density at radius 2 is 1.81 bits per heavy atom. The quantitative estimate of drug-likeness (QED) is 0.852. The Labute approximate surface area is 131 Å². The van der Waals surface area contributed by atoms with E-state index in [1.807, 2.05) is 12.1 Å². The van der Waals surface area contributed by atoms with E-state index in [1.165, 1.54) is 43.6 Å². The van der Waals surface area contributed by atoms with Crippen LogP contribution in [0.15, 0.2) is 42.6 Å². The summed E-state index contributed by atoms with van der Waals surface area (Å²) < 4.78 is 0. The molecule has 0 aliphatic carbocycles. The summed E-state index contributed by atoms with van der Waals surface area (Å²) in [7, 11) is 0. The highest BCUT2D eigenvalue weighted by molar-refractivity contribution is 6.29. The topological polar surface area (TPSA) is 28.2 Å². The van der Waals surface area contributed by atoms with Gasteiger partial charge in [-0.25, -0.2) is 4.98 Å². The van der Waals surface area contributed by atoms with Gasteiger partial charge in [0, 0.05) is 37.2 Å². The van der Waals surface area contributed by atoms with E-state index in [4.69, 9.17) is 11.6 Å². The van der Waals surface area contributed by atoms with Crippen LogP contribution < -0.4 is 10.2 Å². The van der Waals surface area contributed by atoms with Crippen molar-refractivity contribution >= 4 is 23.0 Å². The number of pyridine rings is 1. The van der Waals surface area contributed by atoms with Crippen molar-refractivity contribution in [1.82, 2.24) is 4.98 Å². The van der Waals surface area contributed by atoms with Crippen LogP contribution >= 0.6 is 11.6 Å². The molecule has 3 rings (SSSR count). The molecule has 0 unspecified atom stereocenters. The molecular formula is C17H20ClN3. The molecule has 0 bridgehead atoms. The second-order valence-corrected chi connectivity index (χ2v) is 5.82. The molecule has 1 aliphatic heterocycles.